The zero-order valence-electron chi connectivity index (χ0n) is 13.4. The fraction of sp³-hybridized carbons (Fsp3) is 0. The number of nitro benzene ring substituents is 1. The van der Waals surface area contributed by atoms with Gasteiger partial charge < -0.3 is 4.42 Å². The van der Waals surface area contributed by atoms with Crippen molar-refractivity contribution in [1.29, 1.82) is 10.5 Å². The molecule has 0 saturated heterocycles. The summed E-state index contributed by atoms with van der Waals surface area (Å²) in [5.41, 5.74) is 1.98. The Labute approximate surface area is 149 Å². The zero-order valence-corrected chi connectivity index (χ0v) is 13.4. The second-order valence-corrected chi connectivity index (χ2v) is 5.37. The fourth-order valence-electron chi connectivity index (χ4n) is 2.40. The van der Waals surface area contributed by atoms with Crippen molar-refractivity contribution in [2.75, 3.05) is 0 Å². The third kappa shape index (κ3) is 3.50. The average Bonchev–Trinajstić information content (AvgIpc) is 3.15. The number of hydrogen-bond donors (Lipinski definition) is 0. The molecule has 0 aliphatic rings. The van der Waals surface area contributed by atoms with Crippen molar-refractivity contribution in [2.24, 2.45) is 0 Å². The predicted octanol–water partition coefficient (Wildman–Crippen LogP) is 4.79. The molecule has 0 unspecified atom stereocenters. The van der Waals surface area contributed by atoms with Crippen LogP contribution < -0.4 is 0 Å². The fourth-order valence-corrected chi connectivity index (χ4v) is 2.40. The van der Waals surface area contributed by atoms with Gasteiger partial charge in [0.05, 0.1) is 28.2 Å². The highest BCUT2D eigenvalue weighted by Gasteiger charge is 2.10. The minimum absolute atomic E-state index is 0.0821. The smallest absolute Gasteiger partial charge is 0.270 e. The molecule has 0 atom stereocenters. The van der Waals surface area contributed by atoms with E-state index in [1.165, 1.54) is 24.3 Å². The van der Waals surface area contributed by atoms with Crippen molar-refractivity contribution in [2.45, 2.75) is 0 Å². The van der Waals surface area contributed by atoms with Crippen molar-refractivity contribution in [3.63, 3.8) is 0 Å². The van der Waals surface area contributed by atoms with Crippen LogP contribution in [0.1, 0.15) is 16.9 Å². The van der Waals surface area contributed by atoms with E-state index in [0.29, 0.717) is 22.6 Å². The molecule has 1 aromatic heterocycles. The number of hydrogen-bond acceptors (Lipinski definition) is 5. The quantitative estimate of drug-likeness (QED) is 0.385. The molecule has 2 aromatic carbocycles. The maximum absolute atomic E-state index is 10.9. The van der Waals surface area contributed by atoms with Gasteiger partial charge in [-0.2, -0.15) is 10.5 Å². The highest BCUT2D eigenvalue weighted by Crippen LogP contribution is 2.26. The molecule has 0 N–H and O–H groups in total. The number of allylic oxidation sites excluding steroid dienone is 1. The van der Waals surface area contributed by atoms with E-state index in [0.717, 1.165) is 5.56 Å². The normalized spacial score (nSPS) is 10.8. The standard InChI is InChI=1S/C20H11N3O3/c21-12-14-4-6-15(7-5-14)20-9-8-19(26-20)11-17(13-22)16-2-1-3-18(10-16)23(24)25/h1-11H. The van der Waals surface area contributed by atoms with E-state index in [9.17, 15) is 15.4 Å². The largest absolute Gasteiger partial charge is 0.457 e. The lowest BCUT2D eigenvalue weighted by atomic mass is 10.1. The van der Waals surface area contributed by atoms with Gasteiger partial charge in [-0.15, -0.1) is 0 Å². The number of nitro groups is 1. The Morgan fingerprint density at radius 2 is 1.85 bits per heavy atom. The molecule has 0 amide bonds. The Hall–Kier alpha value is -4.16. The molecule has 0 aliphatic carbocycles. The van der Waals surface area contributed by atoms with E-state index in [2.05, 4.69) is 6.07 Å². The molecule has 26 heavy (non-hydrogen) atoms. The average molecular weight is 341 g/mol. The Bertz CT molecular complexity index is 1080. The van der Waals surface area contributed by atoms with E-state index in [1.807, 2.05) is 6.07 Å². The number of rotatable bonds is 4. The van der Waals surface area contributed by atoms with Crippen LogP contribution in [0.3, 0.4) is 0 Å². The summed E-state index contributed by atoms with van der Waals surface area (Å²) in [6.45, 7) is 0. The van der Waals surface area contributed by atoms with Crippen LogP contribution in [0, 0.1) is 32.8 Å². The van der Waals surface area contributed by atoms with Gasteiger partial charge in [0.2, 0.25) is 0 Å². The summed E-state index contributed by atoms with van der Waals surface area (Å²) in [6, 6.07) is 20.4. The summed E-state index contributed by atoms with van der Waals surface area (Å²) in [4.78, 5) is 10.4. The second-order valence-electron chi connectivity index (χ2n) is 5.37. The summed E-state index contributed by atoms with van der Waals surface area (Å²) in [6.07, 6.45) is 1.53. The van der Waals surface area contributed by atoms with Crippen molar-refractivity contribution < 1.29 is 9.34 Å². The molecule has 0 radical (unpaired) electrons. The van der Waals surface area contributed by atoms with E-state index in [1.54, 1.807) is 42.5 Å². The molecule has 1 heterocycles. The van der Waals surface area contributed by atoms with E-state index in [-0.39, 0.29) is 11.3 Å². The second kappa shape index (κ2) is 7.16. The topological polar surface area (TPSA) is 104 Å². The van der Waals surface area contributed by atoms with Crippen molar-refractivity contribution >= 4 is 17.3 Å². The highest BCUT2D eigenvalue weighted by atomic mass is 16.6. The van der Waals surface area contributed by atoms with Crippen LogP contribution in [-0.4, -0.2) is 4.92 Å². The van der Waals surface area contributed by atoms with Crippen molar-refractivity contribution in [3.8, 4) is 23.5 Å². The predicted molar refractivity (Wildman–Crippen MR) is 95.4 cm³/mol. The first-order valence-electron chi connectivity index (χ1n) is 7.57. The van der Waals surface area contributed by atoms with Gasteiger partial charge in [-0.1, -0.05) is 12.1 Å². The van der Waals surface area contributed by atoms with Gasteiger partial charge >= 0.3 is 0 Å². The first kappa shape index (κ1) is 16.7. The Morgan fingerprint density at radius 1 is 1.08 bits per heavy atom. The third-order valence-electron chi connectivity index (χ3n) is 3.70. The molecule has 0 bridgehead atoms. The Morgan fingerprint density at radius 3 is 2.50 bits per heavy atom. The number of nitriles is 2. The minimum Gasteiger partial charge on any atom is -0.457 e. The Balaban J connectivity index is 1.92. The van der Waals surface area contributed by atoms with Crippen LogP contribution in [0.25, 0.3) is 23.0 Å². The maximum atomic E-state index is 10.9. The lowest BCUT2D eigenvalue weighted by Crippen LogP contribution is -1.89. The summed E-state index contributed by atoms with van der Waals surface area (Å²) in [5.74, 6) is 1.05. The van der Waals surface area contributed by atoms with Gasteiger partial charge in [0.15, 0.2) is 0 Å². The molecule has 3 aromatic rings. The van der Waals surface area contributed by atoms with E-state index >= 15 is 0 Å². The molecular formula is C20H11N3O3. The van der Waals surface area contributed by atoms with E-state index < -0.39 is 4.92 Å². The monoisotopic (exact) mass is 341 g/mol. The van der Waals surface area contributed by atoms with Crippen molar-refractivity contribution in [3.05, 3.63) is 87.7 Å². The number of nitrogens with zero attached hydrogens (tertiary/aromatic N) is 3. The summed E-state index contributed by atoms with van der Waals surface area (Å²) in [7, 11) is 0. The molecule has 0 aliphatic heterocycles. The van der Waals surface area contributed by atoms with Gasteiger partial charge in [-0.3, -0.25) is 10.1 Å². The minimum atomic E-state index is -0.506. The molecule has 0 saturated carbocycles. The van der Waals surface area contributed by atoms with Crippen LogP contribution >= 0.6 is 0 Å². The third-order valence-corrected chi connectivity index (χ3v) is 3.70. The van der Waals surface area contributed by atoms with Gasteiger partial charge in [-0.05, 0) is 48.0 Å². The van der Waals surface area contributed by atoms with Crippen LogP contribution in [0.2, 0.25) is 0 Å². The first-order valence-corrected chi connectivity index (χ1v) is 7.57. The highest BCUT2D eigenvalue weighted by molar-refractivity contribution is 5.89. The van der Waals surface area contributed by atoms with Crippen molar-refractivity contribution in [1.82, 2.24) is 0 Å². The SMILES string of the molecule is N#CC(=Cc1ccc(-c2ccc(C#N)cc2)o1)c1cccc([N+](=O)[O-])c1. The van der Waals surface area contributed by atoms with Crippen LogP contribution in [0.4, 0.5) is 5.69 Å². The molecule has 3 rings (SSSR count). The van der Waals surface area contributed by atoms with Gasteiger partial charge in [0.1, 0.15) is 11.5 Å². The summed E-state index contributed by atoms with van der Waals surface area (Å²) >= 11 is 0. The van der Waals surface area contributed by atoms with Crippen LogP contribution in [0.5, 0.6) is 0 Å². The lowest BCUT2D eigenvalue weighted by molar-refractivity contribution is -0.384. The molecule has 0 fully saturated rings. The maximum Gasteiger partial charge on any atom is 0.270 e. The molecule has 124 valence electrons. The molecule has 0 spiro atoms. The van der Waals surface area contributed by atoms with Gasteiger partial charge in [0.25, 0.3) is 5.69 Å². The summed E-state index contributed by atoms with van der Waals surface area (Å²) < 4.78 is 5.73. The number of benzene rings is 2. The molecule has 6 heteroatoms. The van der Waals surface area contributed by atoms with Gasteiger partial charge in [0, 0.05) is 17.7 Å². The van der Waals surface area contributed by atoms with Crippen LogP contribution in [-0.2, 0) is 0 Å². The Kier molecular flexibility index (Phi) is 4.60. The molecular weight excluding hydrogens is 330 g/mol. The van der Waals surface area contributed by atoms with E-state index in [4.69, 9.17) is 9.68 Å². The molecule has 6 nitrogen and oxygen atoms in total. The lowest BCUT2D eigenvalue weighted by Gasteiger charge is -1.99. The van der Waals surface area contributed by atoms with Crippen LogP contribution in [0.15, 0.2) is 65.1 Å². The zero-order chi connectivity index (χ0) is 18.5. The van der Waals surface area contributed by atoms with Gasteiger partial charge in [-0.25, -0.2) is 0 Å². The number of furan rings is 1. The first-order chi connectivity index (χ1) is 12.6. The summed E-state index contributed by atoms with van der Waals surface area (Å²) in [5, 5.41) is 29.1. The number of non-ortho nitro benzene ring substituents is 1.